The lowest BCUT2D eigenvalue weighted by atomic mass is 10.3. The Morgan fingerprint density at radius 3 is 2.72 bits per heavy atom. The molecule has 0 spiro atoms. The van der Waals surface area contributed by atoms with Crippen LogP contribution in [0.5, 0.6) is 17.8 Å². The Kier molecular flexibility index (Phi) is 4.54. The molecule has 5 nitrogen and oxygen atoms in total. The van der Waals surface area contributed by atoms with Gasteiger partial charge in [0.25, 0.3) is 0 Å². The summed E-state index contributed by atoms with van der Waals surface area (Å²) in [7, 11) is 0. The maximum Gasteiger partial charge on any atom is 0.329 e. The van der Waals surface area contributed by atoms with Crippen molar-refractivity contribution in [3.05, 3.63) is 33.1 Å². The van der Waals surface area contributed by atoms with Crippen LogP contribution in [0.15, 0.2) is 24.3 Å². The van der Waals surface area contributed by atoms with E-state index in [1.807, 2.05) is 25.1 Å². The third-order valence-corrected chi connectivity index (χ3v) is 2.69. The van der Waals surface area contributed by atoms with E-state index in [0.29, 0.717) is 12.4 Å². The Labute approximate surface area is 123 Å². The molecule has 0 saturated heterocycles. The van der Waals surface area contributed by atoms with Gasteiger partial charge in [-0.1, -0.05) is 6.07 Å². The molecule has 1 heterocycles. The Hall–Kier alpha value is -1.15. The summed E-state index contributed by atoms with van der Waals surface area (Å²) in [5.74, 6) is 0.631. The lowest BCUT2D eigenvalue weighted by molar-refractivity contribution is 0.303. The molecule has 2 rings (SSSR count). The number of hydrogen-bond acceptors (Lipinski definition) is 5. The van der Waals surface area contributed by atoms with Crippen LogP contribution in [-0.2, 0) is 0 Å². The molecule has 1 aromatic heterocycles. The standard InChI is InChI=1S/C11H9ClIN3O2/c1-2-17-10-14-9(12)15-11(16-10)18-8-5-3-4-7(13)6-8/h3-6H,2H2,1H3. The van der Waals surface area contributed by atoms with E-state index < -0.39 is 0 Å². The average molecular weight is 378 g/mol. The summed E-state index contributed by atoms with van der Waals surface area (Å²) in [5, 5.41) is 0.0362. The van der Waals surface area contributed by atoms with Crippen LogP contribution in [0.3, 0.4) is 0 Å². The molecular weight excluding hydrogens is 368 g/mol. The minimum atomic E-state index is 0.0362. The Bertz CT molecular complexity index is 554. The van der Waals surface area contributed by atoms with Crippen LogP contribution < -0.4 is 9.47 Å². The molecule has 94 valence electrons. The molecule has 0 radical (unpaired) electrons. The van der Waals surface area contributed by atoms with Gasteiger partial charge in [-0.2, -0.15) is 9.97 Å². The SMILES string of the molecule is CCOc1nc(Cl)nc(Oc2cccc(I)c2)n1. The van der Waals surface area contributed by atoms with Crippen molar-refractivity contribution in [2.24, 2.45) is 0 Å². The molecule has 0 bridgehead atoms. The second kappa shape index (κ2) is 6.14. The van der Waals surface area contributed by atoms with E-state index in [9.17, 15) is 0 Å². The van der Waals surface area contributed by atoms with Crippen LogP contribution >= 0.6 is 34.2 Å². The van der Waals surface area contributed by atoms with Gasteiger partial charge in [0.1, 0.15) is 5.75 Å². The van der Waals surface area contributed by atoms with Crippen LogP contribution in [0, 0.1) is 3.57 Å². The summed E-state index contributed by atoms with van der Waals surface area (Å²) >= 11 is 7.95. The highest BCUT2D eigenvalue weighted by Crippen LogP contribution is 2.22. The topological polar surface area (TPSA) is 57.1 Å². The molecule has 0 aliphatic carbocycles. The zero-order valence-corrected chi connectivity index (χ0v) is 12.3. The van der Waals surface area contributed by atoms with E-state index in [0.717, 1.165) is 3.57 Å². The zero-order valence-electron chi connectivity index (χ0n) is 9.43. The minimum Gasteiger partial charge on any atom is -0.464 e. The summed E-state index contributed by atoms with van der Waals surface area (Å²) < 4.78 is 11.7. The van der Waals surface area contributed by atoms with E-state index in [2.05, 4.69) is 37.5 Å². The van der Waals surface area contributed by atoms with Gasteiger partial charge in [0, 0.05) is 3.57 Å². The maximum absolute atomic E-state index is 5.76. The molecule has 1 aromatic carbocycles. The molecule has 0 aliphatic rings. The molecule has 0 aliphatic heterocycles. The Morgan fingerprint density at radius 2 is 2.00 bits per heavy atom. The van der Waals surface area contributed by atoms with Gasteiger partial charge in [-0.15, -0.1) is 4.98 Å². The third kappa shape index (κ3) is 3.67. The highest BCUT2D eigenvalue weighted by molar-refractivity contribution is 14.1. The molecular formula is C11H9ClIN3O2. The number of aromatic nitrogens is 3. The molecule has 0 unspecified atom stereocenters. The highest BCUT2D eigenvalue weighted by Gasteiger charge is 2.08. The van der Waals surface area contributed by atoms with Crippen molar-refractivity contribution in [1.82, 2.24) is 15.0 Å². The van der Waals surface area contributed by atoms with Crippen molar-refractivity contribution in [2.45, 2.75) is 6.92 Å². The van der Waals surface area contributed by atoms with Crippen molar-refractivity contribution in [3.8, 4) is 17.8 Å². The van der Waals surface area contributed by atoms with Gasteiger partial charge in [-0.25, -0.2) is 0 Å². The van der Waals surface area contributed by atoms with E-state index in [1.54, 1.807) is 6.07 Å². The fourth-order valence-corrected chi connectivity index (χ4v) is 1.85. The van der Waals surface area contributed by atoms with E-state index in [-0.39, 0.29) is 17.3 Å². The molecule has 7 heteroatoms. The van der Waals surface area contributed by atoms with Crippen molar-refractivity contribution in [3.63, 3.8) is 0 Å². The number of halogens is 2. The van der Waals surface area contributed by atoms with Gasteiger partial charge in [-0.05, 0) is 59.3 Å². The minimum absolute atomic E-state index is 0.0362. The lowest BCUT2D eigenvalue weighted by Gasteiger charge is -2.06. The van der Waals surface area contributed by atoms with Gasteiger partial charge in [0.05, 0.1) is 6.61 Å². The van der Waals surface area contributed by atoms with Crippen LogP contribution in [-0.4, -0.2) is 21.6 Å². The van der Waals surface area contributed by atoms with Gasteiger partial charge >= 0.3 is 12.0 Å². The van der Waals surface area contributed by atoms with Crippen LogP contribution in [0.4, 0.5) is 0 Å². The van der Waals surface area contributed by atoms with Crippen molar-refractivity contribution >= 4 is 34.2 Å². The molecule has 18 heavy (non-hydrogen) atoms. The number of nitrogens with zero attached hydrogens (tertiary/aromatic N) is 3. The quantitative estimate of drug-likeness (QED) is 0.765. The molecule has 0 N–H and O–H groups in total. The monoisotopic (exact) mass is 377 g/mol. The number of hydrogen-bond donors (Lipinski definition) is 0. The normalized spacial score (nSPS) is 10.2. The summed E-state index contributed by atoms with van der Waals surface area (Å²) in [6, 6.07) is 7.76. The van der Waals surface area contributed by atoms with Crippen molar-refractivity contribution in [1.29, 1.82) is 0 Å². The fraction of sp³-hybridized carbons (Fsp3) is 0.182. The summed E-state index contributed by atoms with van der Waals surface area (Å²) in [6.45, 7) is 2.28. The van der Waals surface area contributed by atoms with Gasteiger partial charge in [0.15, 0.2) is 0 Å². The van der Waals surface area contributed by atoms with Crippen LogP contribution in [0.1, 0.15) is 6.92 Å². The predicted molar refractivity (Wildman–Crippen MR) is 75.2 cm³/mol. The first-order valence-corrected chi connectivity index (χ1v) is 6.61. The average Bonchev–Trinajstić information content (AvgIpc) is 2.28. The molecule has 0 saturated carbocycles. The second-order valence-corrected chi connectivity index (χ2v) is 4.75. The van der Waals surface area contributed by atoms with Crippen molar-refractivity contribution < 1.29 is 9.47 Å². The largest absolute Gasteiger partial charge is 0.464 e. The second-order valence-electron chi connectivity index (χ2n) is 3.16. The third-order valence-electron chi connectivity index (χ3n) is 1.85. The van der Waals surface area contributed by atoms with Gasteiger partial charge in [-0.3, -0.25) is 0 Å². The first-order chi connectivity index (χ1) is 8.67. The predicted octanol–water partition coefficient (Wildman–Crippen LogP) is 3.32. The maximum atomic E-state index is 5.76. The van der Waals surface area contributed by atoms with Crippen LogP contribution in [0.25, 0.3) is 0 Å². The number of ether oxygens (including phenoxy) is 2. The number of benzene rings is 1. The van der Waals surface area contributed by atoms with E-state index in [1.165, 1.54) is 0 Å². The first-order valence-electron chi connectivity index (χ1n) is 5.15. The number of rotatable bonds is 4. The summed E-state index contributed by atoms with van der Waals surface area (Å²) in [6.07, 6.45) is 0. The summed E-state index contributed by atoms with van der Waals surface area (Å²) in [4.78, 5) is 11.7. The first kappa shape index (κ1) is 13.3. The van der Waals surface area contributed by atoms with E-state index in [4.69, 9.17) is 21.1 Å². The smallest absolute Gasteiger partial charge is 0.329 e. The Morgan fingerprint density at radius 1 is 1.22 bits per heavy atom. The molecule has 0 fully saturated rings. The fourth-order valence-electron chi connectivity index (χ4n) is 1.19. The molecule has 2 aromatic rings. The Balaban J connectivity index is 2.23. The molecule has 0 amide bonds. The lowest BCUT2D eigenvalue weighted by Crippen LogP contribution is -2.01. The zero-order chi connectivity index (χ0) is 13.0. The van der Waals surface area contributed by atoms with Crippen molar-refractivity contribution in [2.75, 3.05) is 6.61 Å². The summed E-state index contributed by atoms with van der Waals surface area (Å²) in [5.41, 5.74) is 0. The van der Waals surface area contributed by atoms with E-state index >= 15 is 0 Å². The highest BCUT2D eigenvalue weighted by atomic mass is 127. The molecule has 0 atom stereocenters. The van der Waals surface area contributed by atoms with Gasteiger partial charge < -0.3 is 9.47 Å². The van der Waals surface area contributed by atoms with Gasteiger partial charge in [0.2, 0.25) is 5.28 Å². The van der Waals surface area contributed by atoms with Crippen LogP contribution in [0.2, 0.25) is 5.28 Å².